The van der Waals surface area contributed by atoms with Gasteiger partial charge in [0.25, 0.3) is 0 Å². The summed E-state index contributed by atoms with van der Waals surface area (Å²) in [5.41, 5.74) is 2.97. The summed E-state index contributed by atoms with van der Waals surface area (Å²) in [5, 5.41) is 7.50. The molecule has 0 unspecified atom stereocenters. The molecule has 3 aromatic rings. The van der Waals surface area contributed by atoms with E-state index in [1.54, 1.807) is 29.3 Å². The van der Waals surface area contributed by atoms with Crippen molar-refractivity contribution in [3.05, 3.63) is 99.0 Å². The SMILES string of the molecule is Fc1ccc(C2=NN3[C@H](C2)c2cc(Cl)ccc2O[C@@H]3c2cc(F)ccc2Cl)cc1. The number of fused-ring (bicyclic) bond motifs is 3. The van der Waals surface area contributed by atoms with Crippen LogP contribution in [0.4, 0.5) is 8.78 Å². The Morgan fingerprint density at radius 2 is 1.66 bits per heavy atom. The van der Waals surface area contributed by atoms with Crippen LogP contribution in [0.25, 0.3) is 0 Å². The van der Waals surface area contributed by atoms with Crippen LogP contribution in [0.5, 0.6) is 5.75 Å². The number of rotatable bonds is 2. The van der Waals surface area contributed by atoms with E-state index in [0.29, 0.717) is 27.8 Å². The fourth-order valence-corrected chi connectivity index (χ4v) is 4.18. The Morgan fingerprint density at radius 1 is 0.897 bits per heavy atom. The largest absolute Gasteiger partial charge is 0.464 e. The third-order valence-electron chi connectivity index (χ3n) is 5.15. The number of benzene rings is 3. The summed E-state index contributed by atoms with van der Waals surface area (Å²) in [6.07, 6.45) is -0.124. The van der Waals surface area contributed by atoms with Gasteiger partial charge >= 0.3 is 0 Å². The Labute approximate surface area is 176 Å². The molecule has 0 aliphatic carbocycles. The summed E-state index contributed by atoms with van der Waals surface area (Å²) in [6.45, 7) is 0. The molecule has 7 heteroatoms. The minimum absolute atomic E-state index is 0.165. The fourth-order valence-electron chi connectivity index (χ4n) is 3.78. The molecule has 0 fully saturated rings. The molecule has 146 valence electrons. The Hall–Kier alpha value is -2.63. The van der Waals surface area contributed by atoms with Gasteiger partial charge in [0, 0.05) is 27.6 Å². The Kier molecular flexibility index (Phi) is 4.45. The van der Waals surface area contributed by atoms with E-state index >= 15 is 0 Å². The zero-order valence-electron chi connectivity index (χ0n) is 14.9. The summed E-state index contributed by atoms with van der Waals surface area (Å²) in [4.78, 5) is 0. The van der Waals surface area contributed by atoms with Gasteiger partial charge in [0.2, 0.25) is 6.23 Å². The summed E-state index contributed by atoms with van der Waals surface area (Å²) >= 11 is 12.6. The van der Waals surface area contributed by atoms with E-state index in [-0.39, 0.29) is 11.9 Å². The van der Waals surface area contributed by atoms with Gasteiger partial charge in [0.15, 0.2) is 0 Å². The monoisotopic (exact) mass is 430 g/mol. The van der Waals surface area contributed by atoms with E-state index in [1.165, 1.54) is 30.3 Å². The van der Waals surface area contributed by atoms with Crippen LogP contribution in [0, 0.1) is 11.6 Å². The first-order valence-electron chi connectivity index (χ1n) is 9.02. The molecule has 2 atom stereocenters. The topological polar surface area (TPSA) is 24.8 Å². The van der Waals surface area contributed by atoms with Gasteiger partial charge in [-0.25, -0.2) is 13.8 Å². The highest BCUT2D eigenvalue weighted by atomic mass is 35.5. The van der Waals surface area contributed by atoms with Crippen LogP contribution in [0.3, 0.4) is 0 Å². The highest BCUT2D eigenvalue weighted by Crippen LogP contribution is 2.49. The second-order valence-corrected chi connectivity index (χ2v) is 7.82. The lowest BCUT2D eigenvalue weighted by Crippen LogP contribution is -2.34. The molecule has 0 saturated carbocycles. The van der Waals surface area contributed by atoms with Gasteiger partial charge in [-0.3, -0.25) is 0 Å². The lowest BCUT2D eigenvalue weighted by Gasteiger charge is -2.38. The Balaban J connectivity index is 1.63. The van der Waals surface area contributed by atoms with Gasteiger partial charge in [0.05, 0.1) is 11.8 Å². The molecular formula is C22H14Cl2F2N2O. The second-order valence-electron chi connectivity index (χ2n) is 6.97. The minimum Gasteiger partial charge on any atom is -0.464 e. The first-order chi connectivity index (χ1) is 14.0. The van der Waals surface area contributed by atoms with Crippen molar-refractivity contribution in [1.29, 1.82) is 0 Å². The average molecular weight is 431 g/mol. The van der Waals surface area contributed by atoms with E-state index in [2.05, 4.69) is 0 Å². The lowest BCUT2D eigenvalue weighted by molar-refractivity contribution is -0.0191. The summed E-state index contributed by atoms with van der Waals surface area (Å²) in [5.74, 6) is -0.0696. The minimum atomic E-state index is -0.699. The van der Waals surface area contributed by atoms with E-state index in [0.717, 1.165) is 16.8 Å². The van der Waals surface area contributed by atoms with Crippen molar-refractivity contribution < 1.29 is 13.5 Å². The smallest absolute Gasteiger partial charge is 0.215 e. The van der Waals surface area contributed by atoms with Crippen LogP contribution < -0.4 is 4.74 Å². The summed E-state index contributed by atoms with van der Waals surface area (Å²) < 4.78 is 33.5. The van der Waals surface area contributed by atoms with Gasteiger partial charge in [0.1, 0.15) is 17.4 Å². The van der Waals surface area contributed by atoms with E-state index < -0.39 is 12.0 Å². The third-order valence-corrected chi connectivity index (χ3v) is 5.73. The number of hydrogen-bond donors (Lipinski definition) is 0. The predicted molar refractivity (Wildman–Crippen MR) is 108 cm³/mol. The van der Waals surface area contributed by atoms with Crippen LogP contribution in [0.1, 0.15) is 35.4 Å². The molecule has 0 amide bonds. The number of hydrazone groups is 1. The summed E-state index contributed by atoms with van der Waals surface area (Å²) in [6, 6.07) is 15.6. The van der Waals surface area contributed by atoms with Crippen molar-refractivity contribution in [3.8, 4) is 5.75 Å². The Bertz CT molecular complexity index is 1130. The molecule has 3 aromatic carbocycles. The molecule has 0 N–H and O–H groups in total. The van der Waals surface area contributed by atoms with Gasteiger partial charge in [-0.1, -0.05) is 35.3 Å². The molecule has 0 aromatic heterocycles. The maximum Gasteiger partial charge on any atom is 0.215 e. The van der Waals surface area contributed by atoms with Crippen LogP contribution >= 0.6 is 23.2 Å². The average Bonchev–Trinajstić information content (AvgIpc) is 3.16. The number of halogens is 4. The lowest BCUT2D eigenvalue weighted by atomic mass is 9.96. The summed E-state index contributed by atoms with van der Waals surface area (Å²) in [7, 11) is 0. The molecular weight excluding hydrogens is 417 g/mol. The van der Waals surface area contributed by atoms with E-state index in [4.69, 9.17) is 33.0 Å². The molecule has 2 heterocycles. The van der Waals surface area contributed by atoms with Crippen LogP contribution in [-0.4, -0.2) is 10.7 Å². The van der Waals surface area contributed by atoms with Crippen molar-refractivity contribution in [1.82, 2.24) is 5.01 Å². The first kappa shape index (κ1) is 18.4. The molecule has 0 bridgehead atoms. The van der Waals surface area contributed by atoms with Crippen LogP contribution in [0.15, 0.2) is 65.8 Å². The van der Waals surface area contributed by atoms with Crippen molar-refractivity contribution in [2.75, 3.05) is 0 Å². The first-order valence-corrected chi connectivity index (χ1v) is 9.78. The molecule has 2 aliphatic rings. The van der Waals surface area contributed by atoms with Gasteiger partial charge in [-0.15, -0.1) is 0 Å². The van der Waals surface area contributed by atoms with Gasteiger partial charge in [-0.2, -0.15) is 5.10 Å². The zero-order valence-corrected chi connectivity index (χ0v) is 16.5. The highest BCUT2D eigenvalue weighted by Gasteiger charge is 2.41. The van der Waals surface area contributed by atoms with Crippen molar-refractivity contribution in [2.45, 2.75) is 18.7 Å². The maximum atomic E-state index is 14.0. The van der Waals surface area contributed by atoms with Crippen LogP contribution in [0.2, 0.25) is 10.0 Å². The van der Waals surface area contributed by atoms with Gasteiger partial charge < -0.3 is 4.74 Å². The molecule has 3 nitrogen and oxygen atoms in total. The molecule has 0 spiro atoms. The van der Waals surface area contributed by atoms with Crippen molar-refractivity contribution in [3.63, 3.8) is 0 Å². The highest BCUT2D eigenvalue weighted by molar-refractivity contribution is 6.31. The molecule has 5 rings (SSSR count). The maximum absolute atomic E-state index is 14.0. The second kappa shape index (κ2) is 7.01. The van der Waals surface area contributed by atoms with E-state index in [1.807, 2.05) is 6.07 Å². The third kappa shape index (κ3) is 3.24. The standard InChI is InChI=1S/C22H14Cl2F2N2O/c23-13-3-8-21-17(9-13)20-11-19(12-1-4-14(25)5-2-12)27-28(20)22(29-21)16-10-15(26)6-7-18(16)24/h1-10,20,22H,11H2/t20-,22-/m1/s1. The number of hydrogen-bond acceptors (Lipinski definition) is 3. The quantitative estimate of drug-likeness (QED) is 0.462. The predicted octanol–water partition coefficient (Wildman–Crippen LogP) is 6.51. The molecule has 0 radical (unpaired) electrons. The Morgan fingerprint density at radius 3 is 2.45 bits per heavy atom. The molecule has 29 heavy (non-hydrogen) atoms. The van der Waals surface area contributed by atoms with E-state index in [9.17, 15) is 8.78 Å². The normalized spacial score (nSPS) is 20.0. The van der Waals surface area contributed by atoms with Gasteiger partial charge in [-0.05, 0) is 54.1 Å². The number of nitrogens with zero attached hydrogens (tertiary/aromatic N) is 2. The molecule has 0 saturated heterocycles. The number of ether oxygens (including phenoxy) is 1. The van der Waals surface area contributed by atoms with Crippen molar-refractivity contribution >= 4 is 28.9 Å². The zero-order chi connectivity index (χ0) is 20.1. The molecule has 2 aliphatic heterocycles. The van der Waals surface area contributed by atoms with Crippen molar-refractivity contribution in [2.24, 2.45) is 5.10 Å². The fraction of sp³-hybridized carbons (Fsp3) is 0.136. The van der Waals surface area contributed by atoms with Crippen LogP contribution in [-0.2, 0) is 0 Å².